The standard InChI is InChI=1S/C27H32FN5O4/c1-27(2,3)37-26(35)29-16-17-8-10-18(11-9-17)19-12-14-20(15-13-19)30-23(34)24-32-33-25(36-24)31-22-7-5-4-6-21(22)28/h4-7,12-15,17-18H,8-11,16H2,1-3H3,(H,29,35)(H,30,34)(H,31,33)/t17-,18-. The van der Waals surface area contributed by atoms with Crippen LogP contribution in [0.1, 0.15) is 68.6 Å². The highest BCUT2D eigenvalue weighted by atomic mass is 19.1. The van der Waals surface area contributed by atoms with Crippen LogP contribution in [0.2, 0.25) is 0 Å². The van der Waals surface area contributed by atoms with Crippen LogP contribution in [-0.4, -0.2) is 34.3 Å². The highest BCUT2D eigenvalue weighted by Gasteiger charge is 2.24. The molecule has 1 aromatic heterocycles. The van der Waals surface area contributed by atoms with E-state index in [1.165, 1.54) is 17.7 Å². The predicted molar refractivity (Wildman–Crippen MR) is 137 cm³/mol. The molecule has 196 valence electrons. The molecule has 1 saturated carbocycles. The van der Waals surface area contributed by atoms with Gasteiger partial charge in [-0.15, -0.1) is 5.10 Å². The third kappa shape index (κ3) is 7.52. The molecule has 0 spiro atoms. The zero-order chi connectivity index (χ0) is 26.4. The highest BCUT2D eigenvalue weighted by Crippen LogP contribution is 2.36. The smallest absolute Gasteiger partial charge is 0.407 e. The average molecular weight is 510 g/mol. The van der Waals surface area contributed by atoms with Gasteiger partial charge < -0.3 is 25.1 Å². The molecule has 0 unspecified atom stereocenters. The number of alkyl carbamates (subject to hydrolysis) is 1. The van der Waals surface area contributed by atoms with E-state index < -0.39 is 17.3 Å². The molecule has 1 heterocycles. The zero-order valence-electron chi connectivity index (χ0n) is 21.2. The number of para-hydroxylation sites is 1. The van der Waals surface area contributed by atoms with Gasteiger partial charge >= 0.3 is 23.9 Å². The zero-order valence-corrected chi connectivity index (χ0v) is 21.2. The third-order valence-electron chi connectivity index (χ3n) is 6.16. The number of halogens is 1. The quantitative estimate of drug-likeness (QED) is 0.357. The van der Waals surface area contributed by atoms with Gasteiger partial charge in [0.05, 0.1) is 5.69 Å². The fourth-order valence-corrected chi connectivity index (χ4v) is 4.31. The van der Waals surface area contributed by atoms with E-state index in [4.69, 9.17) is 9.15 Å². The SMILES string of the molecule is CC(C)(C)OC(=O)NC[C@H]1CC[C@H](c2ccc(NC(=O)c3nnc(Nc4ccccc4F)o3)cc2)CC1. The molecule has 4 rings (SSSR count). The summed E-state index contributed by atoms with van der Waals surface area (Å²) in [6, 6.07) is 13.7. The Kier molecular flexibility index (Phi) is 8.05. The van der Waals surface area contributed by atoms with Gasteiger partial charge in [-0.3, -0.25) is 4.79 Å². The predicted octanol–water partition coefficient (Wildman–Crippen LogP) is 6.00. The minimum Gasteiger partial charge on any atom is -0.444 e. The van der Waals surface area contributed by atoms with Gasteiger partial charge in [0.2, 0.25) is 0 Å². The van der Waals surface area contributed by atoms with Crippen LogP contribution in [0.3, 0.4) is 0 Å². The monoisotopic (exact) mass is 509 g/mol. The number of nitrogens with one attached hydrogen (secondary N) is 3. The van der Waals surface area contributed by atoms with Crippen LogP contribution in [0.25, 0.3) is 0 Å². The first-order chi connectivity index (χ1) is 17.7. The van der Waals surface area contributed by atoms with Crippen molar-refractivity contribution in [2.45, 2.75) is 58.0 Å². The molecule has 0 aliphatic heterocycles. The second kappa shape index (κ2) is 11.4. The Morgan fingerprint density at radius 2 is 1.73 bits per heavy atom. The molecular weight excluding hydrogens is 477 g/mol. The molecule has 10 heteroatoms. The number of hydrogen-bond donors (Lipinski definition) is 3. The molecule has 1 aliphatic rings. The molecule has 2 aromatic carbocycles. The lowest BCUT2D eigenvalue weighted by Gasteiger charge is -2.29. The number of rotatable bonds is 7. The van der Waals surface area contributed by atoms with Crippen LogP contribution in [0.4, 0.5) is 26.6 Å². The van der Waals surface area contributed by atoms with Crippen molar-refractivity contribution in [1.82, 2.24) is 15.5 Å². The molecule has 0 bridgehead atoms. The third-order valence-corrected chi connectivity index (χ3v) is 6.16. The number of ether oxygens (including phenoxy) is 1. The van der Waals surface area contributed by atoms with Crippen LogP contribution in [0.15, 0.2) is 52.9 Å². The Morgan fingerprint density at radius 1 is 1.03 bits per heavy atom. The molecule has 1 aliphatic carbocycles. The van der Waals surface area contributed by atoms with Gasteiger partial charge in [0, 0.05) is 12.2 Å². The van der Waals surface area contributed by atoms with Gasteiger partial charge in [0.15, 0.2) is 0 Å². The van der Waals surface area contributed by atoms with Crippen LogP contribution in [-0.2, 0) is 4.74 Å². The van der Waals surface area contributed by atoms with E-state index in [2.05, 4.69) is 26.1 Å². The number of aromatic nitrogens is 2. The number of carbonyl (C=O) groups excluding carboxylic acids is 2. The molecule has 0 atom stereocenters. The van der Waals surface area contributed by atoms with Crippen molar-refractivity contribution in [3.8, 4) is 0 Å². The normalized spacial score (nSPS) is 17.6. The van der Waals surface area contributed by atoms with Crippen molar-refractivity contribution in [2.24, 2.45) is 5.92 Å². The minimum absolute atomic E-state index is 0.0810. The number of benzene rings is 2. The molecule has 0 radical (unpaired) electrons. The van der Waals surface area contributed by atoms with E-state index in [0.717, 1.165) is 25.7 Å². The number of nitrogens with zero attached hydrogens (tertiary/aromatic N) is 2. The summed E-state index contributed by atoms with van der Waals surface area (Å²) in [7, 11) is 0. The summed E-state index contributed by atoms with van der Waals surface area (Å²) in [4.78, 5) is 24.4. The van der Waals surface area contributed by atoms with Gasteiger partial charge in [-0.25, -0.2) is 9.18 Å². The molecule has 0 saturated heterocycles. The first kappa shape index (κ1) is 26.1. The summed E-state index contributed by atoms with van der Waals surface area (Å²) in [5, 5.41) is 15.8. The number of anilines is 3. The fraction of sp³-hybridized carbons (Fsp3) is 0.407. The van der Waals surface area contributed by atoms with E-state index in [0.29, 0.717) is 24.1 Å². The van der Waals surface area contributed by atoms with E-state index in [1.807, 2.05) is 45.0 Å². The maximum atomic E-state index is 13.8. The number of hydrogen-bond acceptors (Lipinski definition) is 7. The Bertz CT molecular complexity index is 1210. The largest absolute Gasteiger partial charge is 0.444 e. The van der Waals surface area contributed by atoms with Gasteiger partial charge in [0.1, 0.15) is 11.4 Å². The average Bonchev–Trinajstić information content (AvgIpc) is 3.33. The second-order valence-corrected chi connectivity index (χ2v) is 10.2. The summed E-state index contributed by atoms with van der Waals surface area (Å²) < 4.78 is 24.4. The van der Waals surface area contributed by atoms with Crippen molar-refractivity contribution in [3.05, 3.63) is 65.8 Å². The lowest BCUT2D eigenvalue weighted by Crippen LogP contribution is -2.36. The van der Waals surface area contributed by atoms with E-state index in [9.17, 15) is 14.0 Å². The van der Waals surface area contributed by atoms with E-state index in [-0.39, 0.29) is 23.7 Å². The fourth-order valence-electron chi connectivity index (χ4n) is 4.31. The van der Waals surface area contributed by atoms with Crippen molar-refractivity contribution in [3.63, 3.8) is 0 Å². The number of carbonyl (C=O) groups is 2. The summed E-state index contributed by atoms with van der Waals surface area (Å²) in [5.74, 6) is -0.390. The Morgan fingerprint density at radius 3 is 2.41 bits per heavy atom. The van der Waals surface area contributed by atoms with E-state index in [1.54, 1.807) is 12.1 Å². The van der Waals surface area contributed by atoms with Gasteiger partial charge in [-0.2, -0.15) is 0 Å². The summed E-state index contributed by atoms with van der Waals surface area (Å²) in [6.45, 7) is 6.18. The summed E-state index contributed by atoms with van der Waals surface area (Å²) in [6.07, 6.45) is 3.75. The van der Waals surface area contributed by atoms with E-state index >= 15 is 0 Å². The summed E-state index contributed by atoms with van der Waals surface area (Å²) in [5.41, 5.74) is 1.49. The molecule has 9 nitrogen and oxygen atoms in total. The molecule has 1 fully saturated rings. The van der Waals surface area contributed by atoms with Crippen LogP contribution >= 0.6 is 0 Å². The molecule has 3 aromatic rings. The van der Waals surface area contributed by atoms with Crippen molar-refractivity contribution < 1.29 is 23.1 Å². The van der Waals surface area contributed by atoms with Crippen LogP contribution in [0.5, 0.6) is 0 Å². The van der Waals surface area contributed by atoms with Crippen LogP contribution in [0, 0.1) is 11.7 Å². The second-order valence-electron chi connectivity index (χ2n) is 10.2. The first-order valence-corrected chi connectivity index (χ1v) is 12.4. The highest BCUT2D eigenvalue weighted by molar-refractivity contribution is 6.00. The molecule has 37 heavy (non-hydrogen) atoms. The molecule has 3 N–H and O–H groups in total. The van der Waals surface area contributed by atoms with Gasteiger partial charge in [0.25, 0.3) is 0 Å². The van der Waals surface area contributed by atoms with Crippen LogP contribution < -0.4 is 16.0 Å². The first-order valence-electron chi connectivity index (χ1n) is 12.4. The van der Waals surface area contributed by atoms with Crippen molar-refractivity contribution >= 4 is 29.4 Å². The van der Waals surface area contributed by atoms with Crippen molar-refractivity contribution in [2.75, 3.05) is 17.2 Å². The molecular formula is C27H32FN5O4. The topological polar surface area (TPSA) is 118 Å². The lowest BCUT2D eigenvalue weighted by atomic mass is 9.78. The summed E-state index contributed by atoms with van der Waals surface area (Å²) >= 11 is 0. The minimum atomic E-state index is -0.556. The lowest BCUT2D eigenvalue weighted by molar-refractivity contribution is 0.0514. The van der Waals surface area contributed by atoms with Gasteiger partial charge in [-0.05, 0) is 88.1 Å². The Balaban J connectivity index is 1.24. The Labute approximate surface area is 215 Å². The maximum absolute atomic E-state index is 13.8. The maximum Gasteiger partial charge on any atom is 0.407 e. The van der Waals surface area contributed by atoms with Gasteiger partial charge in [-0.1, -0.05) is 29.4 Å². The Hall–Kier alpha value is -3.95. The number of amides is 2. The molecule has 2 amide bonds. The van der Waals surface area contributed by atoms with Crippen molar-refractivity contribution in [1.29, 1.82) is 0 Å².